The van der Waals surface area contributed by atoms with E-state index in [9.17, 15) is 9.90 Å². The summed E-state index contributed by atoms with van der Waals surface area (Å²) in [5.74, 6) is 0.230. The normalized spacial score (nSPS) is 12.0. The fourth-order valence-electron chi connectivity index (χ4n) is 1.51. The maximum atomic E-state index is 10.8. The van der Waals surface area contributed by atoms with Crippen molar-refractivity contribution in [3.8, 4) is 5.75 Å². The molecule has 0 aromatic heterocycles. The average Bonchev–Trinajstić information content (AvgIpc) is 2.14. The second-order valence-electron chi connectivity index (χ2n) is 4.94. The second kappa shape index (κ2) is 4.52. The minimum absolute atomic E-state index is 0.0273. The van der Waals surface area contributed by atoms with Gasteiger partial charge in [0.15, 0.2) is 5.78 Å². The van der Waals surface area contributed by atoms with E-state index in [4.69, 9.17) is 0 Å². The monoisotopic (exact) mass is 218 g/mol. The standard InChI is InChI=1S/C14H18O2/c1-10(15)8-9-11-6-5-7-12(13(11)16)14(2,3)4/h5-9,16H,1-4H3/b9-8+. The van der Waals surface area contributed by atoms with Gasteiger partial charge in [-0.05, 0) is 30.1 Å². The Morgan fingerprint density at radius 2 is 1.94 bits per heavy atom. The molecule has 0 aliphatic rings. The predicted octanol–water partition coefficient (Wildman–Crippen LogP) is 3.29. The zero-order valence-electron chi connectivity index (χ0n) is 10.2. The molecule has 16 heavy (non-hydrogen) atoms. The molecule has 0 aliphatic carbocycles. The lowest BCUT2D eigenvalue weighted by Crippen LogP contribution is -2.11. The van der Waals surface area contributed by atoms with Crippen molar-refractivity contribution in [2.45, 2.75) is 33.1 Å². The van der Waals surface area contributed by atoms with E-state index in [0.717, 1.165) is 5.56 Å². The van der Waals surface area contributed by atoms with Gasteiger partial charge in [0.05, 0.1) is 0 Å². The van der Waals surface area contributed by atoms with Crippen LogP contribution in [-0.4, -0.2) is 10.9 Å². The van der Waals surface area contributed by atoms with Crippen molar-refractivity contribution in [3.05, 3.63) is 35.4 Å². The molecule has 0 fully saturated rings. The van der Waals surface area contributed by atoms with Gasteiger partial charge in [-0.25, -0.2) is 0 Å². The highest BCUT2D eigenvalue weighted by Gasteiger charge is 2.18. The number of phenols is 1. The lowest BCUT2D eigenvalue weighted by Gasteiger charge is -2.21. The van der Waals surface area contributed by atoms with Crippen LogP contribution < -0.4 is 0 Å². The fraction of sp³-hybridized carbons (Fsp3) is 0.357. The van der Waals surface area contributed by atoms with Gasteiger partial charge < -0.3 is 5.11 Å². The quantitative estimate of drug-likeness (QED) is 0.773. The molecule has 0 amide bonds. The molecular formula is C14H18O2. The van der Waals surface area contributed by atoms with Gasteiger partial charge in [-0.3, -0.25) is 4.79 Å². The number of carbonyl (C=O) groups excluding carboxylic acids is 1. The van der Waals surface area contributed by atoms with E-state index >= 15 is 0 Å². The highest BCUT2D eigenvalue weighted by molar-refractivity contribution is 5.91. The third kappa shape index (κ3) is 2.96. The van der Waals surface area contributed by atoms with Crippen molar-refractivity contribution in [2.24, 2.45) is 0 Å². The minimum atomic E-state index is -0.107. The number of ketones is 1. The molecule has 1 rings (SSSR count). The molecule has 0 unspecified atom stereocenters. The first-order valence-corrected chi connectivity index (χ1v) is 5.33. The van der Waals surface area contributed by atoms with Crippen LogP contribution in [0.3, 0.4) is 0 Å². The summed E-state index contributed by atoms with van der Waals surface area (Å²) in [6.45, 7) is 7.61. The summed E-state index contributed by atoms with van der Waals surface area (Å²) in [7, 11) is 0. The third-order valence-electron chi connectivity index (χ3n) is 2.37. The summed E-state index contributed by atoms with van der Waals surface area (Å²) >= 11 is 0. The van der Waals surface area contributed by atoms with E-state index in [2.05, 4.69) is 0 Å². The highest BCUT2D eigenvalue weighted by Crippen LogP contribution is 2.33. The zero-order valence-corrected chi connectivity index (χ0v) is 10.2. The topological polar surface area (TPSA) is 37.3 Å². The maximum absolute atomic E-state index is 10.8. The average molecular weight is 218 g/mol. The molecule has 0 atom stereocenters. The molecule has 86 valence electrons. The van der Waals surface area contributed by atoms with Crippen molar-refractivity contribution in [2.75, 3.05) is 0 Å². The van der Waals surface area contributed by atoms with Crippen LogP contribution in [0.1, 0.15) is 38.8 Å². The lowest BCUT2D eigenvalue weighted by atomic mass is 9.85. The first kappa shape index (κ1) is 12.5. The van der Waals surface area contributed by atoms with Gasteiger partial charge >= 0.3 is 0 Å². The SMILES string of the molecule is CC(=O)/C=C/c1cccc(C(C)(C)C)c1O. The number of phenolic OH excluding ortho intramolecular Hbond substituents is 1. The van der Waals surface area contributed by atoms with Crippen LogP contribution in [0.15, 0.2) is 24.3 Å². The van der Waals surface area contributed by atoms with E-state index in [0.29, 0.717) is 5.56 Å². The second-order valence-corrected chi connectivity index (χ2v) is 4.94. The summed E-state index contributed by atoms with van der Waals surface area (Å²) in [5, 5.41) is 10.1. The summed E-state index contributed by atoms with van der Waals surface area (Å²) in [5.41, 5.74) is 1.46. The van der Waals surface area contributed by atoms with Crippen molar-refractivity contribution in [1.29, 1.82) is 0 Å². The largest absolute Gasteiger partial charge is 0.507 e. The van der Waals surface area contributed by atoms with Crippen LogP contribution in [0.2, 0.25) is 0 Å². The van der Waals surface area contributed by atoms with Gasteiger partial charge in [-0.1, -0.05) is 39.0 Å². The summed E-state index contributed by atoms with van der Waals surface area (Å²) in [4.78, 5) is 10.8. The Labute approximate surface area is 96.6 Å². The van der Waals surface area contributed by atoms with Crippen molar-refractivity contribution >= 4 is 11.9 Å². The number of allylic oxidation sites excluding steroid dienone is 1. The summed E-state index contributed by atoms with van der Waals surface area (Å²) < 4.78 is 0. The first-order valence-electron chi connectivity index (χ1n) is 5.33. The molecule has 1 aromatic carbocycles. The van der Waals surface area contributed by atoms with Crippen LogP contribution in [-0.2, 0) is 10.2 Å². The Balaban J connectivity index is 3.19. The zero-order chi connectivity index (χ0) is 12.3. The van der Waals surface area contributed by atoms with Crippen LogP contribution in [0.25, 0.3) is 6.08 Å². The van der Waals surface area contributed by atoms with Crippen molar-refractivity contribution < 1.29 is 9.90 Å². The number of benzene rings is 1. The molecule has 0 spiro atoms. The fourth-order valence-corrected chi connectivity index (χ4v) is 1.51. The number of hydrogen-bond acceptors (Lipinski definition) is 2. The smallest absolute Gasteiger partial charge is 0.152 e. The van der Waals surface area contributed by atoms with E-state index in [1.807, 2.05) is 32.9 Å². The van der Waals surface area contributed by atoms with Crippen LogP contribution in [0, 0.1) is 0 Å². The molecule has 0 saturated carbocycles. The van der Waals surface area contributed by atoms with E-state index in [1.54, 1.807) is 12.1 Å². The Hall–Kier alpha value is -1.57. The molecule has 2 heteroatoms. The van der Waals surface area contributed by atoms with Crippen LogP contribution in [0.4, 0.5) is 0 Å². The van der Waals surface area contributed by atoms with E-state index < -0.39 is 0 Å². The van der Waals surface area contributed by atoms with Gasteiger partial charge in [0.1, 0.15) is 5.75 Å². The Morgan fingerprint density at radius 1 is 1.31 bits per heavy atom. The number of rotatable bonds is 2. The number of carbonyl (C=O) groups is 1. The minimum Gasteiger partial charge on any atom is -0.507 e. The Morgan fingerprint density at radius 3 is 2.44 bits per heavy atom. The van der Waals surface area contributed by atoms with E-state index in [1.165, 1.54) is 13.0 Å². The van der Waals surface area contributed by atoms with E-state index in [-0.39, 0.29) is 16.9 Å². The molecule has 1 N–H and O–H groups in total. The number of aromatic hydroxyl groups is 1. The Bertz CT molecular complexity index is 423. The predicted molar refractivity (Wildman–Crippen MR) is 66.5 cm³/mol. The molecule has 1 aromatic rings. The first-order chi connectivity index (χ1) is 7.32. The molecule has 2 nitrogen and oxygen atoms in total. The van der Waals surface area contributed by atoms with Crippen LogP contribution >= 0.6 is 0 Å². The third-order valence-corrected chi connectivity index (χ3v) is 2.37. The van der Waals surface area contributed by atoms with Crippen molar-refractivity contribution in [3.63, 3.8) is 0 Å². The molecule has 0 radical (unpaired) electrons. The summed E-state index contributed by atoms with van der Waals surface area (Å²) in [6.07, 6.45) is 3.11. The van der Waals surface area contributed by atoms with Gasteiger partial charge in [0.2, 0.25) is 0 Å². The van der Waals surface area contributed by atoms with Gasteiger partial charge in [-0.15, -0.1) is 0 Å². The highest BCUT2D eigenvalue weighted by atomic mass is 16.3. The van der Waals surface area contributed by atoms with Crippen molar-refractivity contribution in [1.82, 2.24) is 0 Å². The Kier molecular flexibility index (Phi) is 3.53. The number of para-hydroxylation sites is 1. The van der Waals surface area contributed by atoms with Gasteiger partial charge in [0.25, 0.3) is 0 Å². The maximum Gasteiger partial charge on any atom is 0.152 e. The van der Waals surface area contributed by atoms with Crippen LogP contribution in [0.5, 0.6) is 5.75 Å². The van der Waals surface area contributed by atoms with Gasteiger partial charge in [0, 0.05) is 5.56 Å². The lowest BCUT2D eigenvalue weighted by molar-refractivity contribution is -0.112. The molecule has 0 saturated heterocycles. The number of hydrogen-bond donors (Lipinski definition) is 1. The van der Waals surface area contributed by atoms with Gasteiger partial charge in [-0.2, -0.15) is 0 Å². The molecule has 0 heterocycles. The molecular weight excluding hydrogens is 200 g/mol. The molecule has 0 bridgehead atoms. The summed E-state index contributed by atoms with van der Waals surface area (Å²) in [6, 6.07) is 5.59. The molecule has 0 aliphatic heterocycles.